The van der Waals surface area contributed by atoms with Crippen LogP contribution in [0, 0.1) is 23.3 Å². The summed E-state index contributed by atoms with van der Waals surface area (Å²) in [7, 11) is 5.82. The van der Waals surface area contributed by atoms with Crippen molar-refractivity contribution in [3.8, 4) is 0 Å². The van der Waals surface area contributed by atoms with Gasteiger partial charge in [-0.2, -0.15) is 0 Å². The maximum atomic E-state index is 13.4. The zero-order chi connectivity index (χ0) is 57.2. The van der Waals surface area contributed by atoms with Crippen LogP contribution in [0.1, 0.15) is 68.6 Å². The van der Waals surface area contributed by atoms with Crippen molar-refractivity contribution in [3.63, 3.8) is 0 Å². The highest BCUT2D eigenvalue weighted by Crippen LogP contribution is 2.25. The van der Waals surface area contributed by atoms with Crippen molar-refractivity contribution in [2.24, 2.45) is 19.8 Å². The maximum Gasteiger partial charge on any atom is 0.345 e. The van der Waals surface area contributed by atoms with Crippen LogP contribution in [0.15, 0.2) is 58.1 Å². The SMILES string of the molecule is CCOC(=O)/C(=C\OC)C(=O)c1cc(F)c(Cl)nc1Cl.CCOC(=O)CC(=O)c1cc(F)c(Cl)nc1Cl.CCOC(=O)c1cn(C)c2nc(Cl)c(F)cc2c1=O.CN.Cn1cc(C(=O)O)c(=O)c2cc(F)c(Cl)nc21. The highest BCUT2D eigenvalue weighted by molar-refractivity contribution is 6.37. The summed E-state index contributed by atoms with van der Waals surface area (Å²) in [4.78, 5) is 107. The van der Waals surface area contributed by atoms with Crippen molar-refractivity contribution in [2.75, 3.05) is 34.0 Å². The number of pyridine rings is 6. The molecule has 0 unspecified atom stereocenters. The molecule has 0 radical (unpaired) electrons. The summed E-state index contributed by atoms with van der Waals surface area (Å²) < 4.78 is 74.5. The molecule has 6 rings (SSSR count). The van der Waals surface area contributed by atoms with Gasteiger partial charge in [-0.05, 0) is 52.1 Å². The van der Waals surface area contributed by atoms with E-state index in [4.69, 9.17) is 84.2 Å². The number of nitrogens with zero attached hydrogens (tertiary/aromatic N) is 6. The summed E-state index contributed by atoms with van der Waals surface area (Å²) in [6.07, 6.45) is 2.79. The van der Waals surface area contributed by atoms with Gasteiger partial charge in [0.25, 0.3) is 0 Å². The molecular weight excluding hydrogens is 1140 g/mol. The van der Waals surface area contributed by atoms with Gasteiger partial charge < -0.3 is 38.9 Å². The van der Waals surface area contributed by atoms with E-state index in [2.05, 4.69) is 35.1 Å². The van der Waals surface area contributed by atoms with Crippen LogP contribution in [0.25, 0.3) is 22.1 Å². The molecule has 6 heterocycles. The van der Waals surface area contributed by atoms with Gasteiger partial charge in [-0.25, -0.2) is 51.9 Å². The smallest absolute Gasteiger partial charge is 0.345 e. The average molecular weight is 1170 g/mol. The Kier molecular flexibility index (Phi) is 25.7. The second-order valence-corrected chi connectivity index (χ2v) is 15.8. The Bertz CT molecular complexity index is 3330. The van der Waals surface area contributed by atoms with Crippen molar-refractivity contribution < 1.29 is 70.4 Å². The van der Waals surface area contributed by atoms with E-state index in [9.17, 15) is 55.9 Å². The fourth-order valence-corrected chi connectivity index (χ4v) is 6.66. The normalized spacial score (nSPS) is 10.5. The van der Waals surface area contributed by atoms with E-state index in [0.29, 0.717) is 0 Å². The summed E-state index contributed by atoms with van der Waals surface area (Å²) in [6, 6.07) is 3.50. The quantitative estimate of drug-likeness (QED) is 0.0134. The molecule has 0 fully saturated rings. The van der Waals surface area contributed by atoms with Crippen molar-refractivity contribution in [1.29, 1.82) is 0 Å². The monoisotopic (exact) mass is 1170 g/mol. The molecule has 0 spiro atoms. The minimum absolute atomic E-state index is 0.0186. The van der Waals surface area contributed by atoms with Crippen LogP contribution in [0.3, 0.4) is 0 Å². The highest BCUT2D eigenvalue weighted by atomic mass is 35.5. The molecule has 0 saturated carbocycles. The number of hydrogen-bond donors (Lipinski definition) is 2. The minimum Gasteiger partial charge on any atom is -0.503 e. The van der Waals surface area contributed by atoms with Gasteiger partial charge in [-0.3, -0.25) is 24.0 Å². The molecule has 0 aliphatic rings. The van der Waals surface area contributed by atoms with E-state index in [1.807, 2.05) is 0 Å². The Hall–Kier alpha value is -6.80. The number of halogens is 10. The van der Waals surface area contributed by atoms with E-state index < -0.39 is 97.4 Å². The molecule has 0 aromatic carbocycles. The van der Waals surface area contributed by atoms with Crippen molar-refractivity contribution >= 4 is 127 Å². The largest absolute Gasteiger partial charge is 0.503 e. The van der Waals surface area contributed by atoms with Crippen LogP contribution in [0.2, 0.25) is 30.9 Å². The average Bonchev–Trinajstić information content (AvgIpc) is 3.35. The standard InChI is InChI=1S/C12H10Cl2FNO4.C12H10ClFN2O3.C10H8Cl2FNO3.C10H6ClFN2O3.CH5N/c1-3-20-12(18)7(5-19-2)9(17)6-4-8(15)11(14)16-10(6)13;1-3-19-12(18)7-5-16(2)11-6(9(7)17)4-8(14)10(13)15-11;1-2-17-8(16)4-7(15)5-3-6(13)10(12)14-9(5)11;1-14-3-5(10(16)17)7(15)4-2-6(12)8(11)13-9(4)14;1-2/h4-5H,3H2,1-2H3;4-5H,3H2,1-2H3;3H,2,4H2,1H3;2-3H,1H3,(H,16,17);2H2,1H3/b7-5-;;;;. The number of aromatic carboxylic acids is 1. The van der Waals surface area contributed by atoms with E-state index in [1.54, 1.807) is 27.8 Å². The summed E-state index contributed by atoms with van der Waals surface area (Å²) in [6.45, 7) is 5.18. The lowest BCUT2D eigenvalue weighted by Gasteiger charge is -2.08. The topological polar surface area (TPSA) is 281 Å². The fourth-order valence-electron chi connectivity index (χ4n) is 5.56. The number of ether oxygens (including phenoxy) is 4. The van der Waals surface area contributed by atoms with Gasteiger partial charge in [0.1, 0.15) is 51.0 Å². The van der Waals surface area contributed by atoms with Gasteiger partial charge in [0.05, 0.1) is 48.8 Å². The number of carbonyl (C=O) groups is 6. The number of rotatable bonds is 12. The third-order valence-electron chi connectivity index (χ3n) is 8.75. The first-order chi connectivity index (χ1) is 35.2. The van der Waals surface area contributed by atoms with Crippen LogP contribution >= 0.6 is 69.6 Å². The molecule has 3 N–H and O–H groups in total. The number of carboxylic acid groups (broad SMARTS) is 1. The minimum atomic E-state index is -1.37. The molecular formula is C45H39Cl6F4N7O13. The van der Waals surface area contributed by atoms with E-state index in [1.165, 1.54) is 36.5 Å². The van der Waals surface area contributed by atoms with Gasteiger partial charge in [-0.1, -0.05) is 69.6 Å². The molecule has 6 aromatic heterocycles. The van der Waals surface area contributed by atoms with Gasteiger partial charge in [0.15, 0.2) is 49.7 Å². The molecule has 0 aliphatic heterocycles. The van der Waals surface area contributed by atoms with Crippen LogP contribution in [-0.4, -0.2) is 104 Å². The maximum absolute atomic E-state index is 13.4. The van der Waals surface area contributed by atoms with Crippen LogP contribution in [-0.2, 0) is 42.6 Å². The highest BCUT2D eigenvalue weighted by Gasteiger charge is 2.26. The number of ketones is 2. The first-order valence-electron chi connectivity index (χ1n) is 20.6. The molecule has 0 amide bonds. The van der Waals surface area contributed by atoms with Gasteiger partial charge in [0, 0.05) is 26.5 Å². The number of nitrogens with two attached hydrogens (primary N) is 1. The summed E-state index contributed by atoms with van der Waals surface area (Å²) in [5.74, 6) is -8.76. The molecule has 0 bridgehead atoms. The molecule has 6 aromatic rings. The molecule has 75 heavy (non-hydrogen) atoms. The van der Waals surface area contributed by atoms with E-state index >= 15 is 0 Å². The number of carboxylic acids is 1. The number of fused-ring (bicyclic) bond motifs is 2. The number of esters is 3. The predicted octanol–water partition coefficient (Wildman–Crippen LogP) is 8.37. The van der Waals surface area contributed by atoms with Crippen LogP contribution < -0.4 is 16.6 Å². The predicted molar refractivity (Wildman–Crippen MR) is 267 cm³/mol. The number of aryl methyl sites for hydroxylation is 2. The number of hydrogen-bond acceptors (Lipinski definition) is 17. The Morgan fingerprint density at radius 1 is 0.600 bits per heavy atom. The number of Topliss-reactive ketones (excluding diaryl/α,β-unsaturated/α-hetero) is 2. The van der Waals surface area contributed by atoms with E-state index in [-0.39, 0.29) is 79.2 Å². The first-order valence-corrected chi connectivity index (χ1v) is 22.9. The number of carbonyl (C=O) groups excluding carboxylic acids is 5. The summed E-state index contributed by atoms with van der Waals surface area (Å²) in [5, 5.41) is 6.52. The third kappa shape index (κ3) is 17.1. The molecule has 0 atom stereocenters. The molecule has 30 heteroatoms. The lowest BCUT2D eigenvalue weighted by molar-refractivity contribution is -0.142. The van der Waals surface area contributed by atoms with Crippen molar-refractivity contribution in [1.82, 2.24) is 29.1 Å². The lowest BCUT2D eigenvalue weighted by atomic mass is 10.1. The zero-order valence-corrected chi connectivity index (χ0v) is 44.3. The van der Waals surface area contributed by atoms with Gasteiger partial charge >= 0.3 is 23.9 Å². The number of methoxy groups -OCH3 is 1. The second kappa shape index (κ2) is 29.9. The Balaban J connectivity index is 0.000000339. The van der Waals surface area contributed by atoms with Crippen molar-refractivity contribution in [3.05, 3.63) is 145 Å². The molecule has 20 nitrogen and oxygen atoms in total. The van der Waals surface area contributed by atoms with Crippen LogP contribution in [0.4, 0.5) is 17.6 Å². The zero-order valence-electron chi connectivity index (χ0n) is 39.8. The lowest BCUT2D eigenvalue weighted by Crippen LogP contribution is -2.20. The van der Waals surface area contributed by atoms with Crippen LogP contribution in [0.5, 0.6) is 0 Å². The third-order valence-corrected chi connectivity index (χ3v) is 10.4. The molecule has 402 valence electrons. The van der Waals surface area contributed by atoms with Crippen molar-refractivity contribution in [2.45, 2.75) is 27.2 Å². The summed E-state index contributed by atoms with van der Waals surface area (Å²) >= 11 is 33.2. The molecule has 0 saturated heterocycles. The van der Waals surface area contributed by atoms with Gasteiger partial charge in [0.2, 0.25) is 16.6 Å². The second-order valence-electron chi connectivity index (χ2n) is 13.7. The summed E-state index contributed by atoms with van der Waals surface area (Å²) in [5.41, 5.74) is 1.87. The Morgan fingerprint density at radius 2 is 1.00 bits per heavy atom. The fraction of sp³-hybridized carbons (Fsp3) is 0.244. The number of aromatic nitrogens is 6. The Labute approximate surface area is 450 Å². The Morgan fingerprint density at radius 3 is 1.44 bits per heavy atom. The molecule has 0 aliphatic carbocycles. The van der Waals surface area contributed by atoms with Gasteiger partial charge in [-0.15, -0.1) is 0 Å². The van der Waals surface area contributed by atoms with E-state index in [0.717, 1.165) is 36.7 Å². The first kappa shape index (κ1) is 64.3.